The third-order valence-electron chi connectivity index (χ3n) is 3.94. The molecule has 1 fully saturated rings. The number of rotatable bonds is 8. The van der Waals surface area contributed by atoms with Gasteiger partial charge in [-0.1, -0.05) is 30.7 Å². The molecule has 0 aliphatic heterocycles. The van der Waals surface area contributed by atoms with Crippen molar-refractivity contribution < 1.29 is 4.74 Å². The molecule has 106 valence electrons. The summed E-state index contributed by atoms with van der Waals surface area (Å²) in [7, 11) is 1.77. The Morgan fingerprint density at radius 2 is 2.21 bits per heavy atom. The Morgan fingerprint density at radius 1 is 1.42 bits per heavy atom. The van der Waals surface area contributed by atoms with Crippen molar-refractivity contribution in [3.63, 3.8) is 0 Å². The Morgan fingerprint density at radius 3 is 2.84 bits per heavy atom. The Balaban J connectivity index is 2.02. The zero-order chi connectivity index (χ0) is 13.7. The molecular weight excluding hydrogens is 258 g/mol. The van der Waals surface area contributed by atoms with Crippen LogP contribution in [0, 0.1) is 5.92 Å². The van der Waals surface area contributed by atoms with Crippen LogP contribution in [-0.2, 0) is 4.74 Å². The number of hydrogen-bond acceptors (Lipinski definition) is 2. The van der Waals surface area contributed by atoms with Crippen molar-refractivity contribution in [1.82, 2.24) is 5.32 Å². The first-order chi connectivity index (χ1) is 9.20. The first-order valence-corrected chi connectivity index (χ1v) is 7.56. The quantitative estimate of drug-likeness (QED) is 0.781. The summed E-state index contributed by atoms with van der Waals surface area (Å²) in [5, 5.41) is 4.47. The van der Waals surface area contributed by atoms with Gasteiger partial charge in [-0.05, 0) is 48.8 Å². The second-order valence-electron chi connectivity index (χ2n) is 5.60. The molecule has 2 unspecified atom stereocenters. The van der Waals surface area contributed by atoms with Gasteiger partial charge in [-0.15, -0.1) is 0 Å². The molecule has 0 amide bonds. The van der Waals surface area contributed by atoms with Crippen molar-refractivity contribution in [2.24, 2.45) is 5.92 Å². The van der Waals surface area contributed by atoms with Crippen LogP contribution in [0.2, 0.25) is 5.02 Å². The summed E-state index contributed by atoms with van der Waals surface area (Å²) in [6, 6.07) is 9.02. The van der Waals surface area contributed by atoms with E-state index in [9.17, 15) is 0 Å². The molecule has 0 aromatic heterocycles. The molecule has 0 spiro atoms. The topological polar surface area (TPSA) is 21.3 Å². The number of nitrogens with one attached hydrogen (secondary N) is 1. The number of ether oxygens (including phenoxy) is 1. The standard InChI is InChI=1S/C16H24ClNO/c1-12(8-9-19-2)16(11-18-15-6-7-15)13-4-3-5-14(17)10-13/h3-5,10,12,15-16,18H,6-9,11H2,1-2H3. The lowest BCUT2D eigenvalue weighted by Crippen LogP contribution is -2.27. The fourth-order valence-electron chi connectivity index (χ4n) is 2.47. The van der Waals surface area contributed by atoms with Gasteiger partial charge in [0.15, 0.2) is 0 Å². The van der Waals surface area contributed by atoms with Crippen LogP contribution >= 0.6 is 11.6 Å². The number of benzene rings is 1. The van der Waals surface area contributed by atoms with Crippen LogP contribution in [0.4, 0.5) is 0 Å². The van der Waals surface area contributed by atoms with Crippen LogP contribution in [0.1, 0.15) is 37.7 Å². The Bertz CT molecular complexity index is 392. The monoisotopic (exact) mass is 281 g/mol. The molecular formula is C16H24ClNO. The van der Waals surface area contributed by atoms with E-state index in [-0.39, 0.29) is 0 Å². The van der Waals surface area contributed by atoms with E-state index < -0.39 is 0 Å². The Kier molecular flexibility index (Phi) is 5.68. The van der Waals surface area contributed by atoms with Gasteiger partial charge in [-0.2, -0.15) is 0 Å². The highest BCUT2D eigenvalue weighted by molar-refractivity contribution is 6.30. The predicted molar refractivity (Wildman–Crippen MR) is 80.9 cm³/mol. The lowest BCUT2D eigenvalue weighted by atomic mass is 9.85. The fraction of sp³-hybridized carbons (Fsp3) is 0.625. The maximum atomic E-state index is 6.13. The first kappa shape index (κ1) is 14.8. The summed E-state index contributed by atoms with van der Waals surface area (Å²) in [4.78, 5) is 0. The maximum absolute atomic E-state index is 6.13. The molecule has 1 aromatic carbocycles. The molecule has 1 aromatic rings. The van der Waals surface area contributed by atoms with E-state index in [2.05, 4.69) is 24.4 Å². The van der Waals surface area contributed by atoms with E-state index >= 15 is 0 Å². The van der Waals surface area contributed by atoms with Crippen molar-refractivity contribution in [2.75, 3.05) is 20.3 Å². The third-order valence-corrected chi connectivity index (χ3v) is 4.18. The smallest absolute Gasteiger partial charge is 0.0465 e. The van der Waals surface area contributed by atoms with Crippen molar-refractivity contribution in [3.05, 3.63) is 34.9 Å². The van der Waals surface area contributed by atoms with E-state index in [1.165, 1.54) is 18.4 Å². The summed E-state index contributed by atoms with van der Waals surface area (Å²) in [6.07, 6.45) is 3.74. The molecule has 1 aliphatic rings. The molecule has 0 heterocycles. The highest BCUT2D eigenvalue weighted by atomic mass is 35.5. The summed E-state index contributed by atoms with van der Waals surface area (Å²) in [6.45, 7) is 4.16. The minimum atomic E-state index is 0.509. The number of methoxy groups -OCH3 is 1. The second-order valence-corrected chi connectivity index (χ2v) is 6.04. The predicted octanol–water partition coefficient (Wildman–Crippen LogP) is 3.85. The fourth-order valence-corrected chi connectivity index (χ4v) is 2.67. The summed E-state index contributed by atoms with van der Waals surface area (Å²) in [5.41, 5.74) is 1.34. The molecule has 0 radical (unpaired) electrons. The molecule has 0 saturated heterocycles. The molecule has 2 rings (SSSR count). The van der Waals surface area contributed by atoms with Gasteiger partial charge in [-0.25, -0.2) is 0 Å². The number of halogens is 1. The molecule has 3 heteroatoms. The maximum Gasteiger partial charge on any atom is 0.0465 e. The summed E-state index contributed by atoms with van der Waals surface area (Å²) in [5.74, 6) is 1.10. The van der Waals surface area contributed by atoms with Gasteiger partial charge < -0.3 is 10.1 Å². The van der Waals surface area contributed by atoms with E-state index in [1.807, 2.05) is 12.1 Å². The van der Waals surface area contributed by atoms with Gasteiger partial charge >= 0.3 is 0 Å². The van der Waals surface area contributed by atoms with Gasteiger partial charge in [0.1, 0.15) is 0 Å². The lowest BCUT2D eigenvalue weighted by molar-refractivity contribution is 0.173. The molecule has 1 aliphatic carbocycles. The highest BCUT2D eigenvalue weighted by Crippen LogP contribution is 2.29. The Labute approximate surface area is 121 Å². The molecule has 1 N–H and O–H groups in total. The van der Waals surface area contributed by atoms with Crippen LogP contribution in [0.15, 0.2) is 24.3 Å². The van der Waals surface area contributed by atoms with Gasteiger partial charge in [-0.3, -0.25) is 0 Å². The van der Waals surface area contributed by atoms with Crippen LogP contribution in [0.5, 0.6) is 0 Å². The molecule has 19 heavy (non-hydrogen) atoms. The minimum absolute atomic E-state index is 0.509. The van der Waals surface area contributed by atoms with E-state index in [0.29, 0.717) is 11.8 Å². The minimum Gasteiger partial charge on any atom is -0.385 e. The van der Waals surface area contributed by atoms with Crippen LogP contribution in [0.25, 0.3) is 0 Å². The van der Waals surface area contributed by atoms with Gasteiger partial charge in [0.05, 0.1) is 0 Å². The average molecular weight is 282 g/mol. The van der Waals surface area contributed by atoms with Crippen molar-refractivity contribution in [3.8, 4) is 0 Å². The Hall–Kier alpha value is -0.570. The summed E-state index contributed by atoms with van der Waals surface area (Å²) < 4.78 is 5.21. The second kappa shape index (κ2) is 7.28. The largest absolute Gasteiger partial charge is 0.385 e. The van der Waals surface area contributed by atoms with Gasteiger partial charge in [0, 0.05) is 31.3 Å². The first-order valence-electron chi connectivity index (χ1n) is 7.18. The van der Waals surface area contributed by atoms with Crippen molar-refractivity contribution in [2.45, 2.75) is 38.1 Å². The van der Waals surface area contributed by atoms with E-state index in [0.717, 1.165) is 30.6 Å². The zero-order valence-electron chi connectivity index (χ0n) is 11.9. The van der Waals surface area contributed by atoms with E-state index in [1.54, 1.807) is 7.11 Å². The molecule has 2 atom stereocenters. The third kappa shape index (κ3) is 4.79. The lowest BCUT2D eigenvalue weighted by Gasteiger charge is -2.25. The van der Waals surface area contributed by atoms with E-state index in [4.69, 9.17) is 16.3 Å². The molecule has 0 bridgehead atoms. The van der Waals surface area contributed by atoms with Crippen molar-refractivity contribution in [1.29, 1.82) is 0 Å². The van der Waals surface area contributed by atoms with Crippen molar-refractivity contribution >= 4 is 11.6 Å². The zero-order valence-corrected chi connectivity index (χ0v) is 12.6. The SMILES string of the molecule is COCCC(C)C(CNC1CC1)c1cccc(Cl)c1. The van der Waals surface area contributed by atoms with Crippen LogP contribution in [0.3, 0.4) is 0 Å². The normalized spacial score (nSPS) is 18.3. The van der Waals surface area contributed by atoms with Gasteiger partial charge in [0.25, 0.3) is 0 Å². The molecule has 1 saturated carbocycles. The van der Waals surface area contributed by atoms with Gasteiger partial charge in [0.2, 0.25) is 0 Å². The highest BCUT2D eigenvalue weighted by Gasteiger charge is 2.25. The molecule has 2 nitrogen and oxygen atoms in total. The van der Waals surface area contributed by atoms with Crippen LogP contribution in [-0.4, -0.2) is 26.3 Å². The van der Waals surface area contributed by atoms with Crippen LogP contribution < -0.4 is 5.32 Å². The number of hydrogen-bond donors (Lipinski definition) is 1. The average Bonchev–Trinajstić information content (AvgIpc) is 3.21. The summed E-state index contributed by atoms with van der Waals surface area (Å²) >= 11 is 6.13.